The van der Waals surface area contributed by atoms with Crippen LogP contribution in [0.1, 0.15) is 13.8 Å². The van der Waals surface area contributed by atoms with Crippen LogP contribution in [-0.2, 0) is 4.79 Å². The van der Waals surface area contributed by atoms with Gasteiger partial charge in [0.15, 0.2) is 5.82 Å². The fraction of sp³-hybridized carbons (Fsp3) is 0.500. The number of nitrogen functional groups attached to an aromatic ring is 1. The van der Waals surface area contributed by atoms with Gasteiger partial charge in [-0.15, -0.1) is 0 Å². The predicted octanol–water partition coefficient (Wildman–Crippen LogP) is 0.516. The largest absolute Gasteiger partial charge is 0.394 e. The standard InChI is InChI=1S/C10H17N5O/c1-3-15(4-2)10-13-7-8(11)9(14-10)12-5-6-16/h6-7H,3-5,11H2,1-2H3,(H,12,13,14). The highest BCUT2D eigenvalue weighted by molar-refractivity contribution is 5.66. The van der Waals surface area contributed by atoms with Gasteiger partial charge < -0.3 is 20.7 Å². The molecule has 6 heteroatoms. The molecule has 0 saturated heterocycles. The third-order valence-corrected chi connectivity index (χ3v) is 2.20. The lowest BCUT2D eigenvalue weighted by atomic mass is 10.4. The van der Waals surface area contributed by atoms with E-state index in [0.29, 0.717) is 17.5 Å². The van der Waals surface area contributed by atoms with Crippen LogP contribution in [-0.4, -0.2) is 35.9 Å². The van der Waals surface area contributed by atoms with E-state index >= 15 is 0 Å². The number of anilines is 3. The first-order valence-electron chi connectivity index (χ1n) is 5.27. The van der Waals surface area contributed by atoms with E-state index in [1.54, 1.807) is 6.20 Å². The van der Waals surface area contributed by atoms with Gasteiger partial charge in [0, 0.05) is 13.1 Å². The van der Waals surface area contributed by atoms with Crippen molar-refractivity contribution in [3.05, 3.63) is 6.20 Å². The van der Waals surface area contributed by atoms with Gasteiger partial charge in [-0.05, 0) is 13.8 Å². The van der Waals surface area contributed by atoms with Crippen LogP contribution in [0, 0.1) is 0 Å². The lowest BCUT2D eigenvalue weighted by Gasteiger charge is -2.19. The summed E-state index contributed by atoms with van der Waals surface area (Å²) in [4.78, 5) is 20.7. The molecule has 0 unspecified atom stereocenters. The molecule has 0 aliphatic carbocycles. The molecule has 16 heavy (non-hydrogen) atoms. The molecule has 0 fully saturated rings. The molecule has 0 aromatic carbocycles. The molecule has 0 spiro atoms. The topological polar surface area (TPSA) is 84.1 Å². The number of aldehydes is 1. The van der Waals surface area contributed by atoms with Crippen molar-refractivity contribution in [3.63, 3.8) is 0 Å². The fourth-order valence-electron chi connectivity index (χ4n) is 1.32. The molecular weight excluding hydrogens is 206 g/mol. The SMILES string of the molecule is CCN(CC)c1ncc(N)c(NCC=O)n1. The second-order valence-electron chi connectivity index (χ2n) is 3.19. The van der Waals surface area contributed by atoms with Crippen molar-refractivity contribution in [1.82, 2.24) is 9.97 Å². The van der Waals surface area contributed by atoms with Crippen LogP contribution in [0.15, 0.2) is 6.20 Å². The smallest absolute Gasteiger partial charge is 0.227 e. The molecule has 3 N–H and O–H groups in total. The molecule has 88 valence electrons. The molecule has 1 aromatic heterocycles. The zero-order valence-electron chi connectivity index (χ0n) is 9.60. The summed E-state index contributed by atoms with van der Waals surface area (Å²) in [5, 5.41) is 2.84. The van der Waals surface area contributed by atoms with E-state index in [1.807, 2.05) is 18.7 Å². The molecule has 0 amide bonds. The van der Waals surface area contributed by atoms with E-state index in [1.165, 1.54) is 0 Å². The van der Waals surface area contributed by atoms with E-state index < -0.39 is 0 Å². The number of aromatic nitrogens is 2. The molecule has 0 saturated carbocycles. The second kappa shape index (κ2) is 5.89. The van der Waals surface area contributed by atoms with Gasteiger partial charge in [0.1, 0.15) is 6.29 Å². The molecule has 6 nitrogen and oxygen atoms in total. The Bertz CT molecular complexity index is 351. The minimum atomic E-state index is 0.193. The Morgan fingerprint density at radius 3 is 2.75 bits per heavy atom. The number of carbonyl (C=O) groups excluding carboxylic acids is 1. The summed E-state index contributed by atoms with van der Waals surface area (Å²) in [6, 6.07) is 0. The Morgan fingerprint density at radius 1 is 1.50 bits per heavy atom. The Hall–Kier alpha value is -1.85. The van der Waals surface area contributed by atoms with Crippen LogP contribution in [0.2, 0.25) is 0 Å². The van der Waals surface area contributed by atoms with Crippen molar-refractivity contribution in [3.8, 4) is 0 Å². The highest BCUT2D eigenvalue weighted by Gasteiger charge is 2.08. The minimum Gasteiger partial charge on any atom is -0.394 e. The number of rotatable bonds is 6. The van der Waals surface area contributed by atoms with Crippen molar-refractivity contribution in [2.45, 2.75) is 13.8 Å². The summed E-state index contributed by atoms with van der Waals surface area (Å²) in [5.74, 6) is 1.12. The van der Waals surface area contributed by atoms with Gasteiger partial charge in [0.05, 0.1) is 18.4 Å². The van der Waals surface area contributed by atoms with Gasteiger partial charge in [0.2, 0.25) is 5.95 Å². The van der Waals surface area contributed by atoms with Crippen LogP contribution >= 0.6 is 0 Å². The van der Waals surface area contributed by atoms with Gasteiger partial charge in [-0.1, -0.05) is 0 Å². The lowest BCUT2D eigenvalue weighted by Crippen LogP contribution is -2.24. The molecule has 0 bridgehead atoms. The first-order valence-corrected chi connectivity index (χ1v) is 5.27. The molecule has 0 aliphatic rings. The molecule has 1 rings (SSSR count). The van der Waals surface area contributed by atoms with E-state index in [4.69, 9.17) is 5.73 Å². The maximum atomic E-state index is 10.3. The normalized spacial score (nSPS) is 9.88. The highest BCUT2D eigenvalue weighted by atomic mass is 16.1. The average Bonchev–Trinajstić information content (AvgIpc) is 2.31. The Labute approximate surface area is 94.9 Å². The average molecular weight is 223 g/mol. The Morgan fingerprint density at radius 2 is 2.19 bits per heavy atom. The Kier molecular flexibility index (Phi) is 4.50. The summed E-state index contributed by atoms with van der Waals surface area (Å²) in [6.07, 6.45) is 2.31. The number of hydrogen-bond donors (Lipinski definition) is 2. The van der Waals surface area contributed by atoms with Gasteiger partial charge >= 0.3 is 0 Å². The van der Waals surface area contributed by atoms with Crippen molar-refractivity contribution in [1.29, 1.82) is 0 Å². The second-order valence-corrected chi connectivity index (χ2v) is 3.19. The van der Waals surface area contributed by atoms with Crippen molar-refractivity contribution in [2.75, 3.05) is 35.6 Å². The van der Waals surface area contributed by atoms with E-state index in [-0.39, 0.29) is 6.54 Å². The number of nitrogens with one attached hydrogen (secondary N) is 1. The molecule has 1 heterocycles. The zero-order chi connectivity index (χ0) is 12.0. The van der Waals surface area contributed by atoms with E-state index in [2.05, 4.69) is 15.3 Å². The third kappa shape index (κ3) is 2.82. The fourth-order valence-corrected chi connectivity index (χ4v) is 1.32. The van der Waals surface area contributed by atoms with Crippen LogP contribution in [0.5, 0.6) is 0 Å². The van der Waals surface area contributed by atoms with Crippen LogP contribution in [0.25, 0.3) is 0 Å². The first-order chi connectivity index (χ1) is 7.72. The van der Waals surface area contributed by atoms with E-state index in [0.717, 1.165) is 19.4 Å². The third-order valence-electron chi connectivity index (χ3n) is 2.20. The van der Waals surface area contributed by atoms with Crippen LogP contribution in [0.4, 0.5) is 17.5 Å². The summed E-state index contributed by atoms with van der Waals surface area (Å²) in [6.45, 7) is 5.91. The van der Waals surface area contributed by atoms with Gasteiger partial charge in [-0.3, -0.25) is 0 Å². The van der Waals surface area contributed by atoms with Crippen molar-refractivity contribution in [2.24, 2.45) is 0 Å². The zero-order valence-corrected chi connectivity index (χ0v) is 9.60. The summed E-state index contributed by atoms with van der Waals surface area (Å²) >= 11 is 0. The maximum absolute atomic E-state index is 10.3. The predicted molar refractivity (Wildman–Crippen MR) is 64.6 cm³/mol. The first kappa shape index (κ1) is 12.2. The van der Waals surface area contributed by atoms with Gasteiger partial charge in [-0.2, -0.15) is 4.98 Å². The lowest BCUT2D eigenvalue weighted by molar-refractivity contribution is -0.106. The monoisotopic (exact) mass is 223 g/mol. The van der Waals surface area contributed by atoms with Gasteiger partial charge in [0.25, 0.3) is 0 Å². The molecule has 0 atom stereocenters. The van der Waals surface area contributed by atoms with Crippen molar-refractivity contribution >= 4 is 23.7 Å². The Balaban J connectivity index is 2.91. The number of nitrogens with two attached hydrogens (primary N) is 1. The van der Waals surface area contributed by atoms with Crippen LogP contribution in [0.3, 0.4) is 0 Å². The van der Waals surface area contributed by atoms with Crippen LogP contribution < -0.4 is 16.0 Å². The quantitative estimate of drug-likeness (QED) is 0.684. The molecule has 1 aromatic rings. The van der Waals surface area contributed by atoms with Gasteiger partial charge in [-0.25, -0.2) is 4.98 Å². The number of carbonyl (C=O) groups is 1. The molecule has 0 radical (unpaired) electrons. The van der Waals surface area contributed by atoms with Crippen molar-refractivity contribution < 1.29 is 4.79 Å². The maximum Gasteiger partial charge on any atom is 0.227 e. The molecule has 0 aliphatic heterocycles. The molecular formula is C10H17N5O. The van der Waals surface area contributed by atoms with E-state index in [9.17, 15) is 4.79 Å². The summed E-state index contributed by atoms with van der Waals surface area (Å²) < 4.78 is 0. The number of hydrogen-bond acceptors (Lipinski definition) is 6. The number of nitrogens with zero attached hydrogens (tertiary/aromatic N) is 3. The highest BCUT2D eigenvalue weighted by Crippen LogP contribution is 2.17. The summed E-state index contributed by atoms with van der Waals surface area (Å²) in [5.41, 5.74) is 6.13. The summed E-state index contributed by atoms with van der Waals surface area (Å²) in [7, 11) is 0. The minimum absolute atomic E-state index is 0.193.